The Kier molecular flexibility index (Phi) is 11.6. The van der Waals surface area contributed by atoms with Crippen molar-refractivity contribution in [3.8, 4) is 0 Å². The highest BCUT2D eigenvalue weighted by molar-refractivity contribution is 7.88. The van der Waals surface area contributed by atoms with Crippen LogP contribution in [0.1, 0.15) is 50.7 Å². The van der Waals surface area contributed by atoms with Gasteiger partial charge >= 0.3 is 0 Å². The fourth-order valence-corrected chi connectivity index (χ4v) is 5.69. The van der Waals surface area contributed by atoms with Gasteiger partial charge in [-0.15, -0.1) is 0 Å². The maximum absolute atomic E-state index is 13.3. The number of ketones is 2. The van der Waals surface area contributed by atoms with E-state index in [4.69, 9.17) is 5.73 Å². The summed E-state index contributed by atoms with van der Waals surface area (Å²) in [5.41, 5.74) is 7.28. The highest BCUT2D eigenvalue weighted by Gasteiger charge is 2.29. The summed E-state index contributed by atoms with van der Waals surface area (Å²) in [5.74, 6) is -0.607. The fourth-order valence-electron chi connectivity index (χ4n) is 4.08. The first kappa shape index (κ1) is 27.9. The van der Waals surface area contributed by atoms with Gasteiger partial charge in [-0.05, 0) is 49.8 Å². The molecule has 2 aromatic carbocycles. The third kappa shape index (κ3) is 9.87. The third-order valence-electron chi connectivity index (χ3n) is 5.94. The molecule has 0 unspecified atom stereocenters. The van der Waals surface area contributed by atoms with Crippen LogP contribution in [0.5, 0.6) is 0 Å². The Hall–Kier alpha value is -2.35. The van der Waals surface area contributed by atoms with E-state index in [0.717, 1.165) is 24.8 Å². The second-order valence-corrected chi connectivity index (χ2v) is 11.1. The molecule has 2 rings (SSSR count). The zero-order chi connectivity index (χ0) is 25.0. The van der Waals surface area contributed by atoms with Crippen molar-refractivity contribution in [2.24, 2.45) is 17.6 Å². The first-order chi connectivity index (χ1) is 16.2. The average molecular weight is 487 g/mol. The van der Waals surface area contributed by atoms with E-state index in [9.17, 15) is 18.0 Å². The summed E-state index contributed by atoms with van der Waals surface area (Å²) in [4.78, 5) is 25.0. The lowest BCUT2D eigenvalue weighted by atomic mass is 9.88. The molecule has 6 nitrogen and oxygen atoms in total. The predicted octanol–water partition coefficient (Wildman–Crippen LogP) is 3.99. The average Bonchev–Trinajstić information content (AvgIpc) is 2.79. The summed E-state index contributed by atoms with van der Waals surface area (Å²) in [6, 6.07) is 18.7. The lowest BCUT2D eigenvalue weighted by Crippen LogP contribution is -2.40. The number of Topliss-reactive ketones (excluding diaryl/α,β-unsaturated/α-hetero) is 2. The second kappa shape index (κ2) is 14.1. The molecule has 0 radical (unpaired) electrons. The zero-order valence-electron chi connectivity index (χ0n) is 20.4. The van der Waals surface area contributed by atoms with Crippen LogP contribution in [-0.4, -0.2) is 43.9 Å². The highest BCUT2D eigenvalue weighted by atomic mass is 32.2. The molecule has 0 bridgehead atoms. The van der Waals surface area contributed by atoms with E-state index in [2.05, 4.69) is 0 Å². The first-order valence-electron chi connectivity index (χ1n) is 12.0. The van der Waals surface area contributed by atoms with Gasteiger partial charge in [-0.3, -0.25) is 9.59 Å². The molecule has 0 saturated heterocycles. The minimum absolute atomic E-state index is 0.105. The SMILES string of the molecule is CC(=O)CN(C[C@@H](CC(=O)[C@@H](C)CCCCN)Cc1ccccc1)S(=O)(=O)Cc1ccccc1. The number of hydrogen-bond acceptors (Lipinski definition) is 5. The van der Waals surface area contributed by atoms with Gasteiger partial charge in [0.05, 0.1) is 12.3 Å². The van der Waals surface area contributed by atoms with Crippen molar-refractivity contribution in [3.05, 3.63) is 71.8 Å². The largest absolute Gasteiger partial charge is 0.330 e. The standard InChI is InChI=1S/C27H38N2O4S/c1-22(11-9-10-16-28)27(31)18-26(17-24-12-5-3-6-13-24)20-29(19-23(2)30)34(32,33)21-25-14-7-4-8-15-25/h3-8,12-15,22,26H,9-11,16-21,28H2,1-2H3/t22-,26+/m0/s1. The fraction of sp³-hybridized carbons (Fsp3) is 0.481. The monoisotopic (exact) mass is 486 g/mol. The summed E-state index contributed by atoms with van der Waals surface area (Å²) in [7, 11) is -3.74. The molecule has 2 N–H and O–H groups in total. The van der Waals surface area contributed by atoms with Crippen LogP contribution in [0.25, 0.3) is 0 Å². The molecule has 7 heteroatoms. The molecule has 0 amide bonds. The van der Waals surface area contributed by atoms with E-state index in [1.54, 1.807) is 24.3 Å². The van der Waals surface area contributed by atoms with E-state index in [-0.39, 0.29) is 48.7 Å². The van der Waals surface area contributed by atoms with Crippen molar-refractivity contribution in [3.63, 3.8) is 0 Å². The third-order valence-corrected chi connectivity index (χ3v) is 7.71. The lowest BCUT2D eigenvalue weighted by Gasteiger charge is -2.27. The summed E-state index contributed by atoms with van der Waals surface area (Å²) < 4.78 is 27.9. The van der Waals surface area contributed by atoms with Crippen LogP contribution in [0.2, 0.25) is 0 Å². The molecule has 34 heavy (non-hydrogen) atoms. The van der Waals surface area contributed by atoms with Crippen LogP contribution < -0.4 is 5.73 Å². The predicted molar refractivity (Wildman–Crippen MR) is 137 cm³/mol. The second-order valence-electron chi connectivity index (χ2n) is 9.15. The molecule has 0 saturated carbocycles. The molecular formula is C27H38N2O4S. The summed E-state index contributed by atoms with van der Waals surface area (Å²) in [6.45, 7) is 3.86. The van der Waals surface area contributed by atoms with Crippen LogP contribution in [0.3, 0.4) is 0 Å². The number of rotatable bonds is 16. The van der Waals surface area contributed by atoms with Gasteiger partial charge in [0.1, 0.15) is 11.6 Å². The van der Waals surface area contributed by atoms with Gasteiger partial charge in [0.2, 0.25) is 10.0 Å². The van der Waals surface area contributed by atoms with Crippen molar-refractivity contribution in [2.75, 3.05) is 19.6 Å². The molecule has 0 spiro atoms. The Morgan fingerprint density at radius 2 is 1.53 bits per heavy atom. The summed E-state index contributed by atoms with van der Waals surface area (Å²) in [5, 5.41) is 0. The number of benzene rings is 2. The van der Waals surface area contributed by atoms with Crippen LogP contribution in [0.15, 0.2) is 60.7 Å². The van der Waals surface area contributed by atoms with Gasteiger partial charge in [-0.1, -0.05) is 74.0 Å². The molecule has 2 aromatic rings. The molecule has 0 aromatic heterocycles. The van der Waals surface area contributed by atoms with Crippen LogP contribution >= 0.6 is 0 Å². The molecular weight excluding hydrogens is 448 g/mol. The number of carbonyl (C=O) groups excluding carboxylic acids is 2. The highest BCUT2D eigenvalue weighted by Crippen LogP contribution is 2.22. The van der Waals surface area contributed by atoms with E-state index >= 15 is 0 Å². The van der Waals surface area contributed by atoms with E-state index in [1.165, 1.54) is 11.2 Å². The number of nitrogens with two attached hydrogens (primary N) is 1. The lowest BCUT2D eigenvalue weighted by molar-refractivity contribution is -0.123. The first-order valence-corrected chi connectivity index (χ1v) is 13.6. The molecule has 0 aliphatic heterocycles. The van der Waals surface area contributed by atoms with Crippen LogP contribution in [-0.2, 0) is 31.8 Å². The smallest absolute Gasteiger partial charge is 0.218 e. The number of hydrogen-bond donors (Lipinski definition) is 1. The maximum Gasteiger partial charge on any atom is 0.218 e. The van der Waals surface area contributed by atoms with E-state index < -0.39 is 10.0 Å². The van der Waals surface area contributed by atoms with E-state index in [0.29, 0.717) is 18.5 Å². The molecule has 0 aliphatic carbocycles. The number of unbranched alkanes of at least 4 members (excludes halogenated alkanes) is 1. The minimum Gasteiger partial charge on any atom is -0.330 e. The van der Waals surface area contributed by atoms with Crippen LogP contribution in [0, 0.1) is 11.8 Å². The molecule has 186 valence electrons. The van der Waals surface area contributed by atoms with Crippen molar-refractivity contribution in [2.45, 2.75) is 51.7 Å². The van der Waals surface area contributed by atoms with Crippen molar-refractivity contribution >= 4 is 21.6 Å². The molecule has 0 aliphatic rings. The molecule has 0 fully saturated rings. The summed E-state index contributed by atoms with van der Waals surface area (Å²) >= 11 is 0. The Labute approximate surface area is 204 Å². The van der Waals surface area contributed by atoms with Crippen LogP contribution in [0.4, 0.5) is 0 Å². The maximum atomic E-state index is 13.3. The van der Waals surface area contributed by atoms with Crippen molar-refractivity contribution < 1.29 is 18.0 Å². The Morgan fingerprint density at radius 3 is 2.09 bits per heavy atom. The van der Waals surface area contributed by atoms with Gasteiger partial charge in [0.25, 0.3) is 0 Å². The van der Waals surface area contributed by atoms with Gasteiger partial charge in [0, 0.05) is 18.9 Å². The van der Waals surface area contributed by atoms with Gasteiger partial charge < -0.3 is 5.73 Å². The number of sulfonamides is 1. The quantitative estimate of drug-likeness (QED) is 0.362. The van der Waals surface area contributed by atoms with Gasteiger partial charge in [-0.25, -0.2) is 8.42 Å². The molecule has 0 heterocycles. The van der Waals surface area contributed by atoms with Crippen molar-refractivity contribution in [1.82, 2.24) is 4.31 Å². The number of nitrogens with zero attached hydrogens (tertiary/aromatic N) is 1. The zero-order valence-corrected chi connectivity index (χ0v) is 21.2. The Balaban J connectivity index is 2.22. The van der Waals surface area contributed by atoms with Crippen molar-refractivity contribution in [1.29, 1.82) is 0 Å². The van der Waals surface area contributed by atoms with E-state index in [1.807, 2.05) is 43.3 Å². The Morgan fingerprint density at radius 1 is 0.941 bits per heavy atom. The Bertz CT molecular complexity index is 994. The normalized spacial score (nSPS) is 13.5. The number of carbonyl (C=O) groups is 2. The summed E-state index contributed by atoms with van der Waals surface area (Å²) in [6.07, 6.45) is 3.40. The molecule has 2 atom stereocenters. The topological polar surface area (TPSA) is 97.5 Å². The van der Waals surface area contributed by atoms with Gasteiger partial charge in [0.15, 0.2) is 0 Å². The van der Waals surface area contributed by atoms with Gasteiger partial charge in [-0.2, -0.15) is 4.31 Å². The minimum atomic E-state index is -3.74.